The van der Waals surface area contributed by atoms with Gasteiger partial charge in [-0.1, -0.05) is 0 Å². The fourth-order valence-corrected chi connectivity index (χ4v) is 1.21. The van der Waals surface area contributed by atoms with E-state index in [0.717, 1.165) is 32.8 Å². The summed E-state index contributed by atoms with van der Waals surface area (Å²) in [5.41, 5.74) is 0. The number of ether oxygens (including phenoxy) is 1. The second-order valence-electron chi connectivity index (χ2n) is 3.43. The van der Waals surface area contributed by atoms with Crippen LogP contribution in [0.5, 0.6) is 0 Å². The van der Waals surface area contributed by atoms with Gasteiger partial charge in [-0.05, 0) is 27.8 Å². The molecule has 0 heterocycles. The largest absolute Gasteiger partial charge is 0.380 e. The van der Waals surface area contributed by atoms with Gasteiger partial charge in [0.1, 0.15) is 0 Å². The van der Waals surface area contributed by atoms with Crippen molar-refractivity contribution < 1.29 is 4.74 Å². The summed E-state index contributed by atoms with van der Waals surface area (Å²) in [4.78, 5) is 2.42. The maximum Gasteiger partial charge on any atom is 0.0593 e. The van der Waals surface area contributed by atoms with Crippen molar-refractivity contribution in [3.63, 3.8) is 0 Å². The maximum absolute atomic E-state index is 5.33. The topological polar surface area (TPSA) is 24.5 Å². The Bertz CT molecular complexity index is 107. The summed E-state index contributed by atoms with van der Waals surface area (Å²) in [5, 5.41) is 3.16. The van der Waals surface area contributed by atoms with Gasteiger partial charge < -0.3 is 10.1 Å². The third kappa shape index (κ3) is 6.99. The molecule has 0 fully saturated rings. The normalized spacial score (nSPS) is 11.5. The molecule has 0 spiro atoms. The first-order chi connectivity index (χ1) is 6.22. The monoisotopic (exact) mass is 188 g/mol. The Morgan fingerprint density at radius 1 is 1.31 bits per heavy atom. The van der Waals surface area contributed by atoms with E-state index in [4.69, 9.17) is 4.74 Å². The highest BCUT2D eigenvalue weighted by Crippen LogP contribution is 1.96. The highest BCUT2D eigenvalue weighted by Gasteiger charge is 2.07. The summed E-state index contributed by atoms with van der Waals surface area (Å²) in [6.45, 7) is 11.3. The van der Waals surface area contributed by atoms with Crippen molar-refractivity contribution >= 4 is 0 Å². The lowest BCUT2D eigenvalue weighted by Crippen LogP contribution is -2.38. The fraction of sp³-hybridized carbons (Fsp3) is 1.00. The molecule has 1 N–H and O–H groups in total. The summed E-state index contributed by atoms with van der Waals surface area (Å²) in [5.74, 6) is 0. The molecule has 0 saturated carbocycles. The van der Waals surface area contributed by atoms with E-state index >= 15 is 0 Å². The van der Waals surface area contributed by atoms with Crippen LogP contribution >= 0.6 is 0 Å². The highest BCUT2D eigenvalue weighted by molar-refractivity contribution is 4.63. The van der Waals surface area contributed by atoms with Crippen LogP contribution < -0.4 is 5.32 Å². The van der Waals surface area contributed by atoms with Crippen LogP contribution in [-0.4, -0.2) is 50.8 Å². The Balaban J connectivity index is 3.54. The lowest BCUT2D eigenvalue weighted by atomic mass is 10.3. The molecule has 0 aliphatic rings. The standard InChI is InChI=1S/C10H24N2O/c1-5-13-9-8-12(10(2)3)7-6-11-4/h10-11H,5-9H2,1-4H3. The first-order valence-corrected chi connectivity index (χ1v) is 5.18. The Hall–Kier alpha value is -0.120. The van der Waals surface area contributed by atoms with Crippen molar-refractivity contribution in [3.8, 4) is 0 Å². The van der Waals surface area contributed by atoms with Gasteiger partial charge in [0.05, 0.1) is 6.61 Å². The van der Waals surface area contributed by atoms with Crippen LogP contribution in [-0.2, 0) is 4.74 Å². The quantitative estimate of drug-likeness (QED) is 0.574. The van der Waals surface area contributed by atoms with E-state index in [1.165, 1.54) is 0 Å². The van der Waals surface area contributed by atoms with E-state index < -0.39 is 0 Å². The summed E-state index contributed by atoms with van der Waals surface area (Å²) >= 11 is 0. The first kappa shape index (κ1) is 12.9. The molecule has 0 amide bonds. The summed E-state index contributed by atoms with van der Waals surface area (Å²) in [6, 6.07) is 0.605. The zero-order valence-corrected chi connectivity index (χ0v) is 9.47. The molecular formula is C10H24N2O. The van der Waals surface area contributed by atoms with Crippen molar-refractivity contribution in [2.24, 2.45) is 0 Å². The average Bonchev–Trinajstić information content (AvgIpc) is 2.10. The van der Waals surface area contributed by atoms with Gasteiger partial charge in [-0.15, -0.1) is 0 Å². The van der Waals surface area contributed by atoms with Crippen LogP contribution in [0.15, 0.2) is 0 Å². The second-order valence-corrected chi connectivity index (χ2v) is 3.43. The van der Waals surface area contributed by atoms with Crippen LogP contribution in [0.25, 0.3) is 0 Å². The molecule has 0 aromatic rings. The molecule has 0 atom stereocenters. The molecule has 0 radical (unpaired) electrons. The minimum Gasteiger partial charge on any atom is -0.380 e. The van der Waals surface area contributed by atoms with Crippen LogP contribution in [0.2, 0.25) is 0 Å². The SMILES string of the molecule is CCOCCN(CCNC)C(C)C. The zero-order chi connectivity index (χ0) is 10.1. The smallest absolute Gasteiger partial charge is 0.0593 e. The van der Waals surface area contributed by atoms with Gasteiger partial charge in [-0.25, -0.2) is 0 Å². The molecule has 3 nitrogen and oxygen atoms in total. The molecule has 0 rings (SSSR count). The van der Waals surface area contributed by atoms with Gasteiger partial charge in [-0.3, -0.25) is 4.90 Å². The molecule has 0 bridgehead atoms. The van der Waals surface area contributed by atoms with Gasteiger partial charge in [0.2, 0.25) is 0 Å². The second kappa shape index (κ2) is 8.48. The van der Waals surface area contributed by atoms with Crippen molar-refractivity contribution in [3.05, 3.63) is 0 Å². The van der Waals surface area contributed by atoms with Gasteiger partial charge >= 0.3 is 0 Å². The van der Waals surface area contributed by atoms with E-state index in [2.05, 4.69) is 24.1 Å². The van der Waals surface area contributed by atoms with Crippen LogP contribution in [0.1, 0.15) is 20.8 Å². The number of nitrogens with one attached hydrogen (secondary N) is 1. The van der Waals surface area contributed by atoms with E-state index in [1.807, 2.05) is 14.0 Å². The third-order valence-corrected chi connectivity index (χ3v) is 2.11. The minimum absolute atomic E-state index is 0.605. The summed E-state index contributed by atoms with van der Waals surface area (Å²) in [6.07, 6.45) is 0. The van der Waals surface area contributed by atoms with Gasteiger partial charge in [0, 0.05) is 32.3 Å². The molecule has 3 heteroatoms. The number of rotatable bonds is 8. The van der Waals surface area contributed by atoms with Crippen molar-refractivity contribution in [1.82, 2.24) is 10.2 Å². The molecule has 0 aliphatic heterocycles. The van der Waals surface area contributed by atoms with Crippen LogP contribution in [0.3, 0.4) is 0 Å². The van der Waals surface area contributed by atoms with E-state index in [1.54, 1.807) is 0 Å². The number of likely N-dealkylation sites (N-methyl/N-ethyl adjacent to an activating group) is 1. The summed E-state index contributed by atoms with van der Waals surface area (Å²) < 4.78 is 5.33. The average molecular weight is 188 g/mol. The van der Waals surface area contributed by atoms with E-state index in [-0.39, 0.29) is 0 Å². The number of nitrogens with zero attached hydrogens (tertiary/aromatic N) is 1. The van der Waals surface area contributed by atoms with Crippen molar-refractivity contribution in [2.75, 3.05) is 39.9 Å². The maximum atomic E-state index is 5.33. The van der Waals surface area contributed by atoms with Crippen molar-refractivity contribution in [1.29, 1.82) is 0 Å². The molecule has 0 unspecified atom stereocenters. The number of hydrogen-bond acceptors (Lipinski definition) is 3. The van der Waals surface area contributed by atoms with E-state index in [0.29, 0.717) is 6.04 Å². The highest BCUT2D eigenvalue weighted by atomic mass is 16.5. The van der Waals surface area contributed by atoms with Crippen LogP contribution in [0.4, 0.5) is 0 Å². The molecule has 13 heavy (non-hydrogen) atoms. The van der Waals surface area contributed by atoms with Crippen molar-refractivity contribution in [2.45, 2.75) is 26.8 Å². The Kier molecular flexibility index (Phi) is 8.40. The molecule has 80 valence electrons. The van der Waals surface area contributed by atoms with Crippen LogP contribution in [0, 0.1) is 0 Å². The molecule has 0 saturated heterocycles. The van der Waals surface area contributed by atoms with E-state index in [9.17, 15) is 0 Å². The lowest BCUT2D eigenvalue weighted by Gasteiger charge is -2.25. The zero-order valence-electron chi connectivity index (χ0n) is 9.47. The Morgan fingerprint density at radius 3 is 2.46 bits per heavy atom. The third-order valence-electron chi connectivity index (χ3n) is 2.11. The first-order valence-electron chi connectivity index (χ1n) is 5.18. The van der Waals surface area contributed by atoms with Gasteiger partial charge in [0.15, 0.2) is 0 Å². The molecule has 0 aliphatic carbocycles. The Morgan fingerprint density at radius 2 is 2.00 bits per heavy atom. The Labute approximate surface area is 82.4 Å². The molecule has 0 aromatic heterocycles. The predicted molar refractivity (Wildman–Crippen MR) is 57.1 cm³/mol. The minimum atomic E-state index is 0.605. The molecule has 0 aromatic carbocycles. The molecular weight excluding hydrogens is 164 g/mol. The fourth-order valence-electron chi connectivity index (χ4n) is 1.21. The number of hydrogen-bond donors (Lipinski definition) is 1. The predicted octanol–water partition coefficient (Wildman–Crippen LogP) is 0.953. The van der Waals surface area contributed by atoms with Gasteiger partial charge in [-0.2, -0.15) is 0 Å². The summed E-state index contributed by atoms with van der Waals surface area (Å²) in [7, 11) is 1.99. The lowest BCUT2D eigenvalue weighted by molar-refractivity contribution is 0.101. The van der Waals surface area contributed by atoms with Gasteiger partial charge in [0.25, 0.3) is 0 Å².